The van der Waals surface area contributed by atoms with Gasteiger partial charge < -0.3 is 21.1 Å². The van der Waals surface area contributed by atoms with Gasteiger partial charge in [0, 0.05) is 17.3 Å². The minimum Gasteiger partial charge on any atom is -0.506 e. The van der Waals surface area contributed by atoms with Crippen molar-refractivity contribution < 1.29 is 14.7 Å². The van der Waals surface area contributed by atoms with E-state index in [4.69, 9.17) is 5.73 Å². The van der Waals surface area contributed by atoms with Crippen molar-refractivity contribution in [2.24, 2.45) is 5.73 Å². The van der Waals surface area contributed by atoms with Gasteiger partial charge in [-0.1, -0.05) is 0 Å². The van der Waals surface area contributed by atoms with Crippen molar-refractivity contribution in [2.75, 3.05) is 5.32 Å². The first-order valence-corrected chi connectivity index (χ1v) is 6.41. The lowest BCUT2D eigenvalue weighted by molar-refractivity contribution is 0.0997. The average Bonchev–Trinajstić information content (AvgIpc) is 3.19. The fourth-order valence-corrected chi connectivity index (χ4v) is 1.92. The highest BCUT2D eigenvalue weighted by atomic mass is 16.3. The quantitative estimate of drug-likeness (QED) is 0.433. The number of rotatable bonds is 4. The first kappa shape index (κ1) is 14.3. The highest BCUT2D eigenvalue weighted by Crippen LogP contribution is 2.25. The molecule has 3 aromatic rings. The Bertz CT molecular complexity index is 870. The zero-order valence-electron chi connectivity index (χ0n) is 11.6. The first-order valence-electron chi connectivity index (χ1n) is 6.41. The number of carbonyl (C=O) groups excluding carboxylic acids is 2. The molecule has 0 spiro atoms. The van der Waals surface area contributed by atoms with Crippen LogP contribution in [-0.2, 0) is 0 Å². The molecular formula is C13H11N7O3. The maximum atomic E-state index is 12.2. The van der Waals surface area contributed by atoms with E-state index < -0.39 is 11.8 Å². The molecule has 1 aromatic carbocycles. The number of amides is 2. The zero-order chi connectivity index (χ0) is 16.4. The third kappa shape index (κ3) is 2.85. The lowest BCUT2D eigenvalue weighted by atomic mass is 10.1. The van der Waals surface area contributed by atoms with Crippen LogP contribution >= 0.6 is 0 Å². The van der Waals surface area contributed by atoms with Crippen LogP contribution in [0.1, 0.15) is 20.8 Å². The van der Waals surface area contributed by atoms with Crippen LogP contribution in [0.25, 0.3) is 11.4 Å². The Labute approximate surface area is 128 Å². The van der Waals surface area contributed by atoms with Gasteiger partial charge in [0.15, 0.2) is 0 Å². The Balaban J connectivity index is 1.78. The molecular weight excluding hydrogens is 302 g/mol. The number of tetrazole rings is 1. The molecule has 2 amide bonds. The smallest absolute Gasteiger partial charge is 0.272 e. The van der Waals surface area contributed by atoms with Gasteiger partial charge in [-0.2, -0.15) is 5.21 Å². The second kappa shape index (κ2) is 5.60. The van der Waals surface area contributed by atoms with Crippen molar-refractivity contribution in [3.63, 3.8) is 0 Å². The third-order valence-electron chi connectivity index (χ3n) is 3.06. The number of aromatic amines is 2. The number of anilines is 1. The van der Waals surface area contributed by atoms with Crippen molar-refractivity contribution >= 4 is 17.5 Å². The summed E-state index contributed by atoms with van der Waals surface area (Å²) < 4.78 is 0. The molecule has 0 atom stereocenters. The fourth-order valence-electron chi connectivity index (χ4n) is 1.92. The lowest BCUT2D eigenvalue weighted by Crippen LogP contribution is -2.14. The van der Waals surface area contributed by atoms with Gasteiger partial charge in [-0.3, -0.25) is 9.59 Å². The maximum Gasteiger partial charge on any atom is 0.272 e. The maximum absolute atomic E-state index is 12.2. The predicted octanol–water partition coefficient (Wildman–Crippen LogP) is 0.252. The normalized spacial score (nSPS) is 10.4. The molecule has 0 bridgehead atoms. The summed E-state index contributed by atoms with van der Waals surface area (Å²) in [7, 11) is 0. The molecule has 10 nitrogen and oxygen atoms in total. The van der Waals surface area contributed by atoms with Gasteiger partial charge in [-0.15, -0.1) is 10.2 Å². The summed E-state index contributed by atoms with van der Waals surface area (Å²) in [5, 5.41) is 25.7. The number of hydrogen-bond donors (Lipinski definition) is 5. The molecule has 2 aromatic heterocycles. The summed E-state index contributed by atoms with van der Waals surface area (Å²) in [6.07, 6.45) is 1.55. The van der Waals surface area contributed by atoms with Crippen LogP contribution in [0, 0.1) is 0 Å². The van der Waals surface area contributed by atoms with Crippen LogP contribution in [-0.4, -0.2) is 42.5 Å². The van der Waals surface area contributed by atoms with Crippen LogP contribution in [0.4, 0.5) is 5.69 Å². The van der Waals surface area contributed by atoms with E-state index in [9.17, 15) is 14.7 Å². The summed E-state index contributed by atoms with van der Waals surface area (Å²) in [5.41, 5.74) is 6.22. The monoisotopic (exact) mass is 313 g/mol. The summed E-state index contributed by atoms with van der Waals surface area (Å²) in [4.78, 5) is 26.0. The number of carbonyl (C=O) groups is 2. The molecule has 0 saturated carbocycles. The van der Waals surface area contributed by atoms with Crippen LogP contribution in [0.5, 0.6) is 5.75 Å². The molecule has 3 rings (SSSR count). The molecule has 0 aliphatic heterocycles. The summed E-state index contributed by atoms with van der Waals surface area (Å²) in [6, 6.07) is 5.50. The third-order valence-corrected chi connectivity index (χ3v) is 3.06. The van der Waals surface area contributed by atoms with E-state index in [1.807, 2.05) is 0 Å². The fraction of sp³-hybridized carbons (Fsp3) is 0. The standard InChI is InChI=1S/C13H11N7O3/c14-11(22)6-1-2-8(10(21)4-6)16-13(23)9-3-7(5-15-9)12-17-19-20-18-12/h1-5,15,21H,(H2,14,22)(H,16,23)(H,17,18,19,20). The molecule has 116 valence electrons. The van der Waals surface area contributed by atoms with E-state index >= 15 is 0 Å². The average molecular weight is 313 g/mol. The Morgan fingerprint density at radius 1 is 1.26 bits per heavy atom. The van der Waals surface area contributed by atoms with Gasteiger partial charge in [-0.05, 0) is 29.5 Å². The number of benzene rings is 1. The Morgan fingerprint density at radius 3 is 2.74 bits per heavy atom. The van der Waals surface area contributed by atoms with Crippen LogP contribution in [0.3, 0.4) is 0 Å². The Hall–Kier alpha value is -3.69. The van der Waals surface area contributed by atoms with Crippen LogP contribution in [0.2, 0.25) is 0 Å². The number of phenols is 1. The molecule has 0 radical (unpaired) electrons. The van der Waals surface area contributed by atoms with E-state index in [2.05, 4.69) is 30.9 Å². The summed E-state index contributed by atoms with van der Waals surface area (Å²) >= 11 is 0. The number of aromatic nitrogens is 5. The Kier molecular flexibility index (Phi) is 3.47. The van der Waals surface area contributed by atoms with Crippen LogP contribution < -0.4 is 11.1 Å². The van der Waals surface area contributed by atoms with Gasteiger partial charge >= 0.3 is 0 Å². The Morgan fingerprint density at radius 2 is 2.09 bits per heavy atom. The minimum atomic E-state index is -0.674. The molecule has 0 aliphatic carbocycles. The van der Waals surface area contributed by atoms with Gasteiger partial charge in [0.2, 0.25) is 11.7 Å². The molecule has 0 saturated heterocycles. The number of phenolic OH excluding ortho intramolecular Hbond substituents is 1. The predicted molar refractivity (Wildman–Crippen MR) is 78.5 cm³/mol. The molecule has 0 fully saturated rings. The van der Waals surface area contributed by atoms with Gasteiger partial charge in [0.1, 0.15) is 11.4 Å². The highest BCUT2D eigenvalue weighted by Gasteiger charge is 2.14. The SMILES string of the molecule is NC(=O)c1ccc(NC(=O)c2cc(-c3nn[nH]n3)c[nH]2)c(O)c1. The molecule has 10 heteroatoms. The number of nitrogens with two attached hydrogens (primary N) is 1. The second-order valence-corrected chi connectivity index (χ2v) is 4.59. The number of H-pyrrole nitrogens is 2. The van der Waals surface area contributed by atoms with Gasteiger partial charge in [-0.25, -0.2) is 0 Å². The van der Waals surface area contributed by atoms with E-state index in [1.54, 1.807) is 6.20 Å². The van der Waals surface area contributed by atoms with E-state index in [1.165, 1.54) is 24.3 Å². The first-order chi connectivity index (χ1) is 11.0. The topological polar surface area (TPSA) is 163 Å². The molecule has 0 aliphatic rings. The van der Waals surface area contributed by atoms with Crippen molar-refractivity contribution in [1.29, 1.82) is 0 Å². The number of nitrogens with one attached hydrogen (secondary N) is 3. The second-order valence-electron chi connectivity index (χ2n) is 4.59. The van der Waals surface area contributed by atoms with Crippen molar-refractivity contribution in [2.45, 2.75) is 0 Å². The summed E-state index contributed by atoms with van der Waals surface area (Å²) in [6.45, 7) is 0. The van der Waals surface area contributed by atoms with Gasteiger partial charge in [0.05, 0.1) is 5.69 Å². The molecule has 2 heterocycles. The van der Waals surface area contributed by atoms with E-state index in [0.29, 0.717) is 11.4 Å². The van der Waals surface area contributed by atoms with Crippen molar-refractivity contribution in [1.82, 2.24) is 25.6 Å². The summed E-state index contributed by atoms with van der Waals surface area (Å²) in [5.74, 6) is -1.08. The van der Waals surface area contributed by atoms with Crippen molar-refractivity contribution in [3.8, 4) is 17.1 Å². The lowest BCUT2D eigenvalue weighted by Gasteiger charge is -2.07. The minimum absolute atomic E-state index is 0.139. The number of aromatic hydroxyl groups is 1. The van der Waals surface area contributed by atoms with E-state index in [-0.39, 0.29) is 22.7 Å². The zero-order valence-corrected chi connectivity index (χ0v) is 11.6. The number of hydrogen-bond acceptors (Lipinski definition) is 6. The highest BCUT2D eigenvalue weighted by molar-refractivity contribution is 6.05. The van der Waals surface area contributed by atoms with Crippen LogP contribution in [0.15, 0.2) is 30.5 Å². The number of nitrogens with zero attached hydrogens (tertiary/aromatic N) is 3. The largest absolute Gasteiger partial charge is 0.506 e. The van der Waals surface area contributed by atoms with Crippen molar-refractivity contribution in [3.05, 3.63) is 41.7 Å². The van der Waals surface area contributed by atoms with Gasteiger partial charge in [0.25, 0.3) is 5.91 Å². The molecule has 0 unspecified atom stereocenters. The number of primary amides is 1. The molecule has 23 heavy (non-hydrogen) atoms. The van der Waals surface area contributed by atoms with E-state index in [0.717, 1.165) is 0 Å². The molecule has 6 N–H and O–H groups in total.